The molecule has 1 amide bonds. The molecule has 6 nitrogen and oxygen atoms in total. The number of nitrogens with one attached hydrogen (secondary N) is 1. The number of hydrogen-bond donors (Lipinski definition) is 1. The molecule has 0 spiro atoms. The molecular weight excluding hydrogens is 398 g/mol. The fraction of sp³-hybridized carbons (Fsp3) is 0.174. The van der Waals surface area contributed by atoms with Gasteiger partial charge in [-0.15, -0.1) is 16.4 Å². The van der Waals surface area contributed by atoms with Crippen molar-refractivity contribution in [1.82, 2.24) is 15.1 Å². The SMILES string of the molecule is CC(CNC(=O)Cn1nc(-c2cccs2)oc1=O)(c1ccccc1)c1ccccc1. The van der Waals surface area contributed by atoms with Crippen LogP contribution in [0.2, 0.25) is 0 Å². The Morgan fingerprint density at radius 3 is 2.23 bits per heavy atom. The number of rotatable bonds is 7. The maximum Gasteiger partial charge on any atom is 0.437 e. The Morgan fingerprint density at radius 2 is 1.67 bits per heavy atom. The Hall–Kier alpha value is -3.45. The van der Waals surface area contributed by atoms with Gasteiger partial charge < -0.3 is 9.73 Å². The highest BCUT2D eigenvalue weighted by Crippen LogP contribution is 2.31. The Bertz CT molecular complexity index is 1130. The molecule has 2 aromatic carbocycles. The molecule has 0 unspecified atom stereocenters. The van der Waals surface area contributed by atoms with Gasteiger partial charge in [0, 0.05) is 12.0 Å². The highest BCUT2D eigenvalue weighted by Gasteiger charge is 2.29. The molecule has 0 radical (unpaired) electrons. The van der Waals surface area contributed by atoms with Crippen LogP contribution in [0.25, 0.3) is 10.8 Å². The van der Waals surface area contributed by atoms with Crippen molar-refractivity contribution in [2.75, 3.05) is 6.54 Å². The van der Waals surface area contributed by atoms with E-state index < -0.39 is 11.2 Å². The predicted molar refractivity (Wildman–Crippen MR) is 116 cm³/mol. The molecule has 0 aliphatic carbocycles. The van der Waals surface area contributed by atoms with Crippen LogP contribution in [-0.4, -0.2) is 22.2 Å². The van der Waals surface area contributed by atoms with Gasteiger partial charge in [0.1, 0.15) is 6.54 Å². The van der Waals surface area contributed by atoms with E-state index in [1.807, 2.05) is 53.9 Å². The third-order valence-corrected chi connectivity index (χ3v) is 5.95. The molecule has 0 atom stereocenters. The molecule has 0 saturated carbocycles. The second-order valence-corrected chi connectivity index (χ2v) is 8.10. The predicted octanol–water partition coefficient (Wildman–Crippen LogP) is 3.69. The largest absolute Gasteiger partial charge is 0.437 e. The van der Waals surface area contributed by atoms with E-state index in [4.69, 9.17) is 4.42 Å². The summed E-state index contributed by atoms with van der Waals surface area (Å²) in [6.45, 7) is 2.27. The van der Waals surface area contributed by atoms with Crippen LogP contribution in [0.3, 0.4) is 0 Å². The lowest BCUT2D eigenvalue weighted by Gasteiger charge is -2.31. The Morgan fingerprint density at radius 1 is 1.03 bits per heavy atom. The summed E-state index contributed by atoms with van der Waals surface area (Å²) in [5.41, 5.74) is 1.76. The minimum absolute atomic E-state index is 0.201. The van der Waals surface area contributed by atoms with E-state index in [0.717, 1.165) is 20.7 Å². The van der Waals surface area contributed by atoms with E-state index in [-0.39, 0.29) is 18.3 Å². The Labute approximate surface area is 177 Å². The van der Waals surface area contributed by atoms with E-state index in [2.05, 4.69) is 41.6 Å². The molecule has 7 heteroatoms. The normalized spacial score (nSPS) is 11.4. The van der Waals surface area contributed by atoms with Crippen LogP contribution in [0.1, 0.15) is 18.1 Å². The quantitative estimate of drug-likeness (QED) is 0.496. The van der Waals surface area contributed by atoms with Gasteiger partial charge in [-0.25, -0.2) is 4.79 Å². The van der Waals surface area contributed by atoms with Crippen molar-refractivity contribution >= 4 is 17.2 Å². The minimum atomic E-state index is -0.651. The number of benzene rings is 2. The van der Waals surface area contributed by atoms with E-state index in [9.17, 15) is 9.59 Å². The van der Waals surface area contributed by atoms with Crippen LogP contribution in [-0.2, 0) is 16.8 Å². The lowest BCUT2D eigenvalue weighted by molar-refractivity contribution is -0.122. The van der Waals surface area contributed by atoms with Crippen LogP contribution in [0.15, 0.2) is 87.4 Å². The number of aromatic nitrogens is 2. The number of nitrogens with zero attached hydrogens (tertiary/aromatic N) is 2. The van der Waals surface area contributed by atoms with Gasteiger partial charge in [-0.1, -0.05) is 66.7 Å². The van der Waals surface area contributed by atoms with Crippen molar-refractivity contribution in [1.29, 1.82) is 0 Å². The summed E-state index contributed by atoms with van der Waals surface area (Å²) in [5.74, 6) is -0.732. The van der Waals surface area contributed by atoms with Gasteiger partial charge in [0.2, 0.25) is 5.91 Å². The number of hydrogen-bond acceptors (Lipinski definition) is 5. The second-order valence-electron chi connectivity index (χ2n) is 7.15. The summed E-state index contributed by atoms with van der Waals surface area (Å²) in [6.07, 6.45) is 0. The Kier molecular flexibility index (Phi) is 5.63. The second kappa shape index (κ2) is 8.51. The minimum Gasteiger partial charge on any atom is -0.387 e. The molecule has 4 rings (SSSR count). The zero-order chi connectivity index (χ0) is 21.0. The summed E-state index contributed by atoms with van der Waals surface area (Å²) in [6, 6.07) is 23.7. The lowest BCUT2D eigenvalue weighted by atomic mass is 9.76. The standard InChI is InChI=1S/C23H21N3O3S/c1-23(17-9-4-2-5-10-17,18-11-6-3-7-12-18)16-24-20(27)15-26-22(28)29-21(25-26)19-13-8-14-30-19/h2-14H,15-16H2,1H3,(H,24,27). The summed E-state index contributed by atoms with van der Waals surface area (Å²) in [7, 11) is 0. The zero-order valence-corrected chi connectivity index (χ0v) is 17.3. The number of amides is 1. The van der Waals surface area contributed by atoms with Crippen LogP contribution in [0, 0.1) is 0 Å². The average Bonchev–Trinajstić information content (AvgIpc) is 3.44. The summed E-state index contributed by atoms with van der Waals surface area (Å²) in [5, 5.41) is 8.97. The molecule has 152 valence electrons. The first-order valence-corrected chi connectivity index (χ1v) is 10.4. The Balaban J connectivity index is 1.51. The molecule has 30 heavy (non-hydrogen) atoms. The zero-order valence-electron chi connectivity index (χ0n) is 16.4. The van der Waals surface area contributed by atoms with Crippen molar-refractivity contribution in [2.24, 2.45) is 0 Å². The van der Waals surface area contributed by atoms with Crippen molar-refractivity contribution in [3.8, 4) is 10.8 Å². The smallest absolute Gasteiger partial charge is 0.387 e. The molecule has 2 heterocycles. The fourth-order valence-corrected chi connectivity index (χ4v) is 4.00. The molecular formula is C23H21N3O3S. The molecule has 0 bridgehead atoms. The van der Waals surface area contributed by atoms with Gasteiger partial charge in [-0.3, -0.25) is 4.79 Å². The van der Waals surface area contributed by atoms with Crippen LogP contribution < -0.4 is 11.1 Å². The van der Waals surface area contributed by atoms with Crippen LogP contribution in [0.5, 0.6) is 0 Å². The van der Waals surface area contributed by atoms with Crippen molar-refractivity contribution in [3.63, 3.8) is 0 Å². The monoisotopic (exact) mass is 419 g/mol. The van der Waals surface area contributed by atoms with Gasteiger partial charge in [0.05, 0.1) is 4.88 Å². The molecule has 4 aromatic rings. The molecule has 0 aliphatic rings. The van der Waals surface area contributed by atoms with Crippen LogP contribution in [0.4, 0.5) is 0 Å². The average molecular weight is 420 g/mol. The number of carbonyl (C=O) groups excluding carboxylic acids is 1. The van der Waals surface area contributed by atoms with Gasteiger partial charge in [-0.2, -0.15) is 4.68 Å². The van der Waals surface area contributed by atoms with Gasteiger partial charge in [0.15, 0.2) is 0 Å². The molecule has 0 saturated heterocycles. The van der Waals surface area contributed by atoms with Gasteiger partial charge in [0.25, 0.3) is 5.89 Å². The van der Waals surface area contributed by atoms with Crippen molar-refractivity contribution < 1.29 is 9.21 Å². The highest BCUT2D eigenvalue weighted by molar-refractivity contribution is 7.13. The summed E-state index contributed by atoms with van der Waals surface area (Å²) >= 11 is 1.42. The molecule has 1 N–H and O–H groups in total. The molecule has 0 aliphatic heterocycles. The molecule has 0 fully saturated rings. The number of carbonyl (C=O) groups is 1. The fourth-order valence-electron chi connectivity index (χ4n) is 3.36. The summed E-state index contributed by atoms with van der Waals surface area (Å²) in [4.78, 5) is 25.4. The first kappa shape index (κ1) is 19.8. The first-order valence-electron chi connectivity index (χ1n) is 9.56. The number of thiophene rings is 1. The van der Waals surface area contributed by atoms with Gasteiger partial charge in [-0.05, 0) is 29.5 Å². The van der Waals surface area contributed by atoms with E-state index in [1.54, 1.807) is 0 Å². The maximum absolute atomic E-state index is 12.6. The third-order valence-electron chi connectivity index (χ3n) is 5.09. The maximum atomic E-state index is 12.6. The lowest BCUT2D eigenvalue weighted by Crippen LogP contribution is -2.41. The van der Waals surface area contributed by atoms with Crippen LogP contribution >= 0.6 is 11.3 Å². The van der Waals surface area contributed by atoms with E-state index in [1.165, 1.54) is 11.3 Å². The van der Waals surface area contributed by atoms with Crippen molar-refractivity contribution in [3.05, 3.63) is 99.9 Å². The highest BCUT2D eigenvalue weighted by atomic mass is 32.1. The van der Waals surface area contributed by atoms with E-state index in [0.29, 0.717) is 6.54 Å². The first-order chi connectivity index (χ1) is 14.6. The topological polar surface area (TPSA) is 77.1 Å². The van der Waals surface area contributed by atoms with Crippen molar-refractivity contribution in [2.45, 2.75) is 18.9 Å². The summed E-state index contributed by atoms with van der Waals surface area (Å²) < 4.78 is 6.22. The molecule has 2 aromatic heterocycles. The van der Waals surface area contributed by atoms with E-state index >= 15 is 0 Å². The third kappa shape index (κ3) is 4.11. The van der Waals surface area contributed by atoms with Gasteiger partial charge >= 0.3 is 5.76 Å².